The Labute approximate surface area is 152 Å². The van der Waals surface area contributed by atoms with E-state index < -0.39 is 11.4 Å². The highest BCUT2D eigenvalue weighted by Gasteiger charge is 2.27. The average Bonchev–Trinajstić information content (AvgIpc) is 2.59. The second-order valence-corrected chi connectivity index (χ2v) is 6.74. The summed E-state index contributed by atoms with van der Waals surface area (Å²) in [4.78, 5) is 23.6. The van der Waals surface area contributed by atoms with Gasteiger partial charge in [-0.05, 0) is 44.4 Å². The molecule has 1 aliphatic heterocycles. The summed E-state index contributed by atoms with van der Waals surface area (Å²) in [6, 6.07) is 5.32. The van der Waals surface area contributed by atoms with Crippen molar-refractivity contribution in [3.05, 3.63) is 45.7 Å². The zero-order valence-electron chi connectivity index (χ0n) is 15.4. The van der Waals surface area contributed by atoms with Gasteiger partial charge >= 0.3 is 5.97 Å². The van der Waals surface area contributed by atoms with Crippen molar-refractivity contribution < 1.29 is 19.4 Å². The lowest BCUT2D eigenvalue weighted by Crippen LogP contribution is -2.25. The second-order valence-electron chi connectivity index (χ2n) is 6.74. The molecule has 0 radical (unpaired) electrons. The smallest absolute Gasteiger partial charge is 0.341 e. The molecule has 138 valence electrons. The van der Waals surface area contributed by atoms with Crippen LogP contribution in [-0.2, 0) is 6.42 Å². The maximum Gasteiger partial charge on any atom is 0.341 e. The number of carboxylic acids is 1. The first kappa shape index (κ1) is 18.0. The summed E-state index contributed by atoms with van der Waals surface area (Å²) in [5.41, 5.74) is 1.95. The summed E-state index contributed by atoms with van der Waals surface area (Å²) in [5, 5.41) is 9.27. The van der Waals surface area contributed by atoms with E-state index in [1.165, 1.54) is 12.3 Å². The highest BCUT2D eigenvalue weighted by Crippen LogP contribution is 2.41. The normalized spacial score (nSPS) is 15.3. The third-order valence-electron chi connectivity index (χ3n) is 4.66. The number of aromatic nitrogens is 1. The van der Waals surface area contributed by atoms with Crippen molar-refractivity contribution in [2.24, 2.45) is 0 Å². The van der Waals surface area contributed by atoms with Crippen LogP contribution >= 0.6 is 0 Å². The van der Waals surface area contributed by atoms with E-state index in [9.17, 15) is 14.7 Å². The second kappa shape index (κ2) is 6.86. The van der Waals surface area contributed by atoms with Crippen LogP contribution in [0.3, 0.4) is 0 Å². The lowest BCUT2D eigenvalue weighted by molar-refractivity contribution is 0.0694. The Kier molecular flexibility index (Phi) is 4.76. The zero-order valence-corrected chi connectivity index (χ0v) is 15.4. The number of methoxy groups -OCH3 is 1. The highest BCUT2D eigenvalue weighted by atomic mass is 16.5. The van der Waals surface area contributed by atoms with Crippen LogP contribution in [-0.4, -0.2) is 28.9 Å². The molecule has 0 aliphatic carbocycles. The first-order valence-electron chi connectivity index (χ1n) is 8.73. The number of ether oxygens (including phenoxy) is 2. The monoisotopic (exact) mass is 357 g/mol. The molecular weight excluding hydrogens is 334 g/mol. The summed E-state index contributed by atoms with van der Waals surface area (Å²) < 4.78 is 13.2. The summed E-state index contributed by atoms with van der Waals surface area (Å²) >= 11 is 0. The van der Waals surface area contributed by atoms with E-state index in [4.69, 9.17) is 9.47 Å². The van der Waals surface area contributed by atoms with E-state index in [1.807, 2.05) is 37.5 Å². The van der Waals surface area contributed by atoms with Gasteiger partial charge in [0, 0.05) is 23.9 Å². The van der Waals surface area contributed by atoms with E-state index >= 15 is 0 Å². The van der Waals surface area contributed by atoms with Crippen LogP contribution in [0.2, 0.25) is 0 Å². The maximum absolute atomic E-state index is 12.3. The minimum absolute atomic E-state index is 0.0144. The molecule has 1 unspecified atom stereocenters. The fourth-order valence-electron chi connectivity index (χ4n) is 3.44. The summed E-state index contributed by atoms with van der Waals surface area (Å²) in [5.74, 6) is 0.0620. The van der Waals surface area contributed by atoms with Crippen molar-refractivity contribution >= 4 is 5.97 Å². The van der Waals surface area contributed by atoms with Crippen molar-refractivity contribution in [3.63, 3.8) is 0 Å². The van der Waals surface area contributed by atoms with Crippen LogP contribution in [0.4, 0.5) is 0 Å². The van der Waals surface area contributed by atoms with Crippen molar-refractivity contribution in [3.8, 4) is 22.8 Å². The number of rotatable bonds is 5. The first-order chi connectivity index (χ1) is 12.3. The number of pyridine rings is 1. The van der Waals surface area contributed by atoms with Gasteiger partial charge in [-0.3, -0.25) is 4.79 Å². The van der Waals surface area contributed by atoms with Crippen molar-refractivity contribution in [2.45, 2.75) is 45.8 Å². The Morgan fingerprint density at radius 1 is 1.31 bits per heavy atom. The van der Waals surface area contributed by atoms with Gasteiger partial charge in [-0.15, -0.1) is 0 Å². The lowest BCUT2D eigenvalue weighted by atomic mass is 9.90. The van der Waals surface area contributed by atoms with Crippen molar-refractivity contribution in [1.82, 2.24) is 4.57 Å². The first-order valence-corrected chi connectivity index (χ1v) is 8.73. The van der Waals surface area contributed by atoms with Crippen LogP contribution in [0.25, 0.3) is 11.3 Å². The molecule has 6 heteroatoms. The molecule has 1 aromatic heterocycles. The topological polar surface area (TPSA) is 77.8 Å². The number of carboxylic acid groups (broad SMARTS) is 1. The van der Waals surface area contributed by atoms with Gasteiger partial charge in [0.2, 0.25) is 0 Å². The van der Waals surface area contributed by atoms with Gasteiger partial charge in [0.1, 0.15) is 5.56 Å². The van der Waals surface area contributed by atoms with Crippen molar-refractivity contribution in [2.75, 3.05) is 7.11 Å². The lowest BCUT2D eigenvalue weighted by Gasteiger charge is -2.31. The van der Waals surface area contributed by atoms with Gasteiger partial charge in [-0.1, -0.05) is 6.92 Å². The molecule has 2 aromatic rings. The third-order valence-corrected chi connectivity index (χ3v) is 4.66. The van der Waals surface area contributed by atoms with E-state index in [2.05, 4.69) is 0 Å². The zero-order chi connectivity index (χ0) is 19.0. The molecule has 0 bridgehead atoms. The average molecular weight is 357 g/mol. The molecule has 0 fully saturated rings. The maximum atomic E-state index is 12.3. The molecule has 1 aromatic carbocycles. The van der Waals surface area contributed by atoms with E-state index in [-0.39, 0.29) is 17.7 Å². The molecular formula is C20H23NO5. The minimum Gasteiger partial charge on any atom is -0.493 e. The highest BCUT2D eigenvalue weighted by molar-refractivity contribution is 5.87. The summed E-state index contributed by atoms with van der Waals surface area (Å²) in [6.45, 7) is 5.96. The molecule has 1 atom stereocenters. The fourth-order valence-corrected chi connectivity index (χ4v) is 3.44. The standard InChI is InChI=1S/C20H23NO5/c1-5-13-6-12-7-19(26-11(2)3)18(25-4)8-14(12)16-9-17(22)15(20(23)24)10-21(13)16/h7-11,13H,5-6H2,1-4H3,(H,23,24). The Bertz CT molecular complexity index is 913. The van der Waals surface area contributed by atoms with Crippen LogP contribution in [0.1, 0.15) is 49.2 Å². The van der Waals surface area contributed by atoms with Crippen LogP contribution in [0, 0.1) is 0 Å². The molecule has 1 N–H and O–H groups in total. The van der Waals surface area contributed by atoms with Gasteiger partial charge in [-0.25, -0.2) is 4.79 Å². The Hall–Kier alpha value is -2.76. The Morgan fingerprint density at radius 3 is 2.62 bits per heavy atom. The number of aromatic carboxylic acids is 1. The molecule has 1 aliphatic rings. The van der Waals surface area contributed by atoms with Crippen LogP contribution < -0.4 is 14.9 Å². The van der Waals surface area contributed by atoms with E-state index in [1.54, 1.807) is 7.11 Å². The molecule has 0 saturated heterocycles. The van der Waals surface area contributed by atoms with Crippen LogP contribution in [0.5, 0.6) is 11.5 Å². The summed E-state index contributed by atoms with van der Waals surface area (Å²) in [7, 11) is 1.58. The largest absolute Gasteiger partial charge is 0.493 e. The van der Waals surface area contributed by atoms with Gasteiger partial charge in [0.15, 0.2) is 16.9 Å². The molecule has 2 heterocycles. The molecule has 6 nitrogen and oxygen atoms in total. The molecule has 0 saturated carbocycles. The number of carbonyl (C=O) groups is 1. The minimum atomic E-state index is -1.20. The Morgan fingerprint density at radius 2 is 2.04 bits per heavy atom. The number of hydrogen-bond acceptors (Lipinski definition) is 4. The predicted molar refractivity (Wildman–Crippen MR) is 98.4 cm³/mol. The summed E-state index contributed by atoms with van der Waals surface area (Å²) in [6.07, 6.45) is 3.03. The molecule has 0 spiro atoms. The van der Waals surface area contributed by atoms with E-state index in [0.717, 1.165) is 24.0 Å². The Balaban J connectivity index is 2.23. The number of benzene rings is 1. The van der Waals surface area contributed by atoms with Crippen molar-refractivity contribution in [1.29, 1.82) is 0 Å². The fraction of sp³-hybridized carbons (Fsp3) is 0.400. The van der Waals surface area contributed by atoms with Crippen LogP contribution in [0.15, 0.2) is 29.2 Å². The number of fused-ring (bicyclic) bond motifs is 3. The van der Waals surface area contributed by atoms with Gasteiger partial charge < -0.3 is 19.1 Å². The van der Waals surface area contributed by atoms with Gasteiger partial charge in [0.25, 0.3) is 0 Å². The number of nitrogens with zero attached hydrogens (tertiary/aromatic N) is 1. The predicted octanol–water partition coefficient (Wildman–Crippen LogP) is 3.52. The molecule has 0 amide bonds. The van der Waals surface area contributed by atoms with Gasteiger partial charge in [0.05, 0.1) is 18.9 Å². The number of hydrogen-bond donors (Lipinski definition) is 1. The molecule has 3 rings (SSSR count). The molecule has 26 heavy (non-hydrogen) atoms. The van der Waals surface area contributed by atoms with Gasteiger partial charge in [-0.2, -0.15) is 0 Å². The van der Waals surface area contributed by atoms with E-state index in [0.29, 0.717) is 17.2 Å². The third kappa shape index (κ3) is 3.07. The SMILES string of the molecule is CCC1Cc2cc(OC(C)C)c(OC)cc2-c2cc(=O)c(C(=O)O)cn21. The quantitative estimate of drug-likeness (QED) is 0.886.